The van der Waals surface area contributed by atoms with E-state index in [1.807, 2.05) is 6.92 Å². The summed E-state index contributed by atoms with van der Waals surface area (Å²) in [4.78, 5) is 22.1. The molecular weight excluding hydrogens is 284 g/mol. The van der Waals surface area contributed by atoms with Gasteiger partial charge in [0.05, 0.1) is 5.33 Å². The van der Waals surface area contributed by atoms with Crippen molar-refractivity contribution in [1.82, 2.24) is 0 Å². The van der Waals surface area contributed by atoms with Gasteiger partial charge in [0.1, 0.15) is 6.61 Å². The Balaban J connectivity index is 2.37. The summed E-state index contributed by atoms with van der Waals surface area (Å²) in [6.07, 6.45) is 5.00. The molecule has 0 aliphatic heterocycles. The molecule has 4 heteroatoms. The summed E-state index contributed by atoms with van der Waals surface area (Å²) in [7, 11) is 0. The lowest BCUT2D eigenvalue weighted by Gasteiger charge is -2.21. The van der Waals surface area contributed by atoms with E-state index in [1.165, 1.54) is 5.57 Å². The number of ether oxygens (including phenoxy) is 1. The van der Waals surface area contributed by atoms with Crippen LogP contribution in [0.15, 0.2) is 23.8 Å². The van der Waals surface area contributed by atoms with Gasteiger partial charge in [-0.05, 0) is 37.7 Å². The molecule has 0 bridgehead atoms. The maximum absolute atomic E-state index is 11.1. The molecule has 0 aromatic carbocycles. The second-order valence-corrected chi connectivity index (χ2v) is 4.87. The molecule has 94 valence electrons. The normalized spacial score (nSPS) is 19.4. The first kappa shape index (κ1) is 14.2. The fraction of sp³-hybridized carbons (Fsp3) is 0.538. The van der Waals surface area contributed by atoms with Gasteiger partial charge < -0.3 is 4.74 Å². The van der Waals surface area contributed by atoms with E-state index in [4.69, 9.17) is 4.74 Å². The second-order valence-electron chi connectivity index (χ2n) is 4.31. The van der Waals surface area contributed by atoms with Crippen molar-refractivity contribution in [3.05, 3.63) is 23.8 Å². The lowest BCUT2D eigenvalue weighted by molar-refractivity contribution is -0.152. The van der Waals surface area contributed by atoms with Crippen LogP contribution >= 0.6 is 15.9 Å². The van der Waals surface area contributed by atoms with Gasteiger partial charge >= 0.3 is 5.97 Å². The van der Waals surface area contributed by atoms with E-state index in [1.54, 1.807) is 0 Å². The molecule has 0 amide bonds. The van der Waals surface area contributed by atoms with Gasteiger partial charge in [-0.25, -0.2) is 4.79 Å². The van der Waals surface area contributed by atoms with E-state index in [0.29, 0.717) is 5.92 Å². The van der Waals surface area contributed by atoms with Gasteiger partial charge in [0, 0.05) is 0 Å². The van der Waals surface area contributed by atoms with E-state index < -0.39 is 11.8 Å². The molecule has 1 aliphatic rings. The van der Waals surface area contributed by atoms with Crippen molar-refractivity contribution >= 4 is 27.7 Å². The highest BCUT2D eigenvalue weighted by atomic mass is 79.9. The summed E-state index contributed by atoms with van der Waals surface area (Å²) in [5.74, 6) is -0.760. The minimum Gasteiger partial charge on any atom is -0.455 e. The second kappa shape index (κ2) is 6.74. The number of esters is 1. The largest absolute Gasteiger partial charge is 0.455 e. The van der Waals surface area contributed by atoms with E-state index in [2.05, 4.69) is 28.6 Å². The maximum atomic E-state index is 11.1. The molecule has 1 rings (SSSR count). The monoisotopic (exact) mass is 300 g/mol. The van der Waals surface area contributed by atoms with Crippen LogP contribution in [0.1, 0.15) is 26.2 Å². The summed E-state index contributed by atoms with van der Waals surface area (Å²) < 4.78 is 4.92. The quantitative estimate of drug-likeness (QED) is 0.339. The molecule has 0 spiro atoms. The number of hydrogen-bond acceptors (Lipinski definition) is 3. The summed E-state index contributed by atoms with van der Waals surface area (Å²) in [5, 5.41) is 0.0165. The Morgan fingerprint density at radius 3 is 2.76 bits per heavy atom. The summed E-state index contributed by atoms with van der Waals surface area (Å²) in [6.45, 7) is 6.22. The predicted molar refractivity (Wildman–Crippen MR) is 70.0 cm³/mol. The van der Waals surface area contributed by atoms with Crippen LogP contribution < -0.4 is 0 Å². The van der Waals surface area contributed by atoms with Crippen molar-refractivity contribution in [2.24, 2.45) is 5.92 Å². The zero-order valence-corrected chi connectivity index (χ0v) is 11.6. The van der Waals surface area contributed by atoms with E-state index in [-0.39, 0.29) is 11.9 Å². The van der Waals surface area contributed by atoms with Crippen molar-refractivity contribution in [3.63, 3.8) is 0 Å². The lowest BCUT2D eigenvalue weighted by Crippen LogP contribution is -2.20. The SMILES string of the molecule is C=C(C)[C@@H]1CC=C(COC(=O)C(=O)CBr)CC1. The average Bonchev–Trinajstić information content (AvgIpc) is 2.35. The number of Topliss-reactive ketones (excluding diaryl/α,β-unsaturated/α-hetero) is 1. The van der Waals surface area contributed by atoms with Crippen molar-refractivity contribution in [2.45, 2.75) is 26.2 Å². The molecule has 0 heterocycles. The zero-order chi connectivity index (χ0) is 12.8. The number of carbonyl (C=O) groups is 2. The number of ketones is 1. The fourth-order valence-electron chi connectivity index (χ4n) is 1.76. The van der Waals surface area contributed by atoms with Crippen LogP contribution in [0, 0.1) is 5.92 Å². The average molecular weight is 301 g/mol. The third kappa shape index (κ3) is 4.46. The Bertz CT molecular complexity index is 358. The van der Waals surface area contributed by atoms with Crippen LogP contribution in [0.3, 0.4) is 0 Å². The Morgan fingerprint density at radius 1 is 1.59 bits per heavy atom. The summed E-state index contributed by atoms with van der Waals surface area (Å²) >= 11 is 2.93. The highest BCUT2D eigenvalue weighted by molar-refractivity contribution is 9.09. The van der Waals surface area contributed by atoms with Crippen LogP contribution in [0.25, 0.3) is 0 Å². The molecular formula is C13H17BrO3. The number of allylic oxidation sites excluding steroid dienone is 2. The summed E-state index contributed by atoms with van der Waals surface area (Å²) in [5.41, 5.74) is 2.30. The molecule has 0 aromatic rings. The van der Waals surface area contributed by atoms with Gasteiger partial charge in [-0.15, -0.1) is 0 Å². The van der Waals surface area contributed by atoms with Crippen molar-refractivity contribution in [1.29, 1.82) is 0 Å². The molecule has 0 N–H and O–H groups in total. The first-order valence-electron chi connectivity index (χ1n) is 5.63. The lowest BCUT2D eigenvalue weighted by atomic mass is 9.86. The zero-order valence-electron chi connectivity index (χ0n) is 10.0. The molecule has 0 unspecified atom stereocenters. The van der Waals surface area contributed by atoms with E-state index >= 15 is 0 Å². The Labute approximate surface area is 110 Å². The van der Waals surface area contributed by atoms with Crippen LogP contribution in [0.4, 0.5) is 0 Å². The molecule has 1 atom stereocenters. The van der Waals surface area contributed by atoms with Gasteiger partial charge in [-0.1, -0.05) is 34.2 Å². The number of halogens is 1. The molecule has 1 aliphatic carbocycles. The Hall–Kier alpha value is -0.900. The van der Waals surface area contributed by atoms with Crippen LogP contribution in [0.2, 0.25) is 0 Å². The predicted octanol–water partition coefficient (Wildman–Crippen LogP) is 2.80. The first-order chi connectivity index (χ1) is 8.04. The minimum absolute atomic E-state index is 0.0165. The van der Waals surface area contributed by atoms with Gasteiger partial charge in [-0.3, -0.25) is 4.79 Å². The van der Waals surface area contributed by atoms with Gasteiger partial charge in [0.15, 0.2) is 0 Å². The summed E-state index contributed by atoms with van der Waals surface area (Å²) in [6, 6.07) is 0. The molecule has 3 nitrogen and oxygen atoms in total. The smallest absolute Gasteiger partial charge is 0.375 e. The Morgan fingerprint density at radius 2 is 2.29 bits per heavy atom. The van der Waals surface area contributed by atoms with E-state index in [9.17, 15) is 9.59 Å². The Kier molecular flexibility index (Phi) is 5.62. The molecule has 0 radical (unpaired) electrons. The maximum Gasteiger partial charge on any atom is 0.375 e. The minimum atomic E-state index is -0.759. The molecule has 0 saturated carbocycles. The molecule has 17 heavy (non-hydrogen) atoms. The highest BCUT2D eigenvalue weighted by Gasteiger charge is 2.17. The standard InChI is InChI=1S/C13H17BrO3/c1-9(2)11-5-3-10(4-6-11)8-17-13(16)12(15)7-14/h3,11H,1,4-8H2,2H3/t11-/m1/s1. The topological polar surface area (TPSA) is 43.4 Å². The van der Waals surface area contributed by atoms with E-state index in [0.717, 1.165) is 24.8 Å². The van der Waals surface area contributed by atoms with Crippen molar-refractivity contribution in [2.75, 3.05) is 11.9 Å². The third-order valence-corrected chi connectivity index (χ3v) is 3.45. The molecule has 0 saturated heterocycles. The number of hydrogen-bond donors (Lipinski definition) is 0. The first-order valence-corrected chi connectivity index (χ1v) is 6.76. The third-order valence-electron chi connectivity index (χ3n) is 2.94. The van der Waals surface area contributed by atoms with Crippen molar-refractivity contribution < 1.29 is 14.3 Å². The molecule has 0 aromatic heterocycles. The number of carbonyl (C=O) groups excluding carboxylic acids is 2. The van der Waals surface area contributed by atoms with Crippen LogP contribution in [0.5, 0.6) is 0 Å². The van der Waals surface area contributed by atoms with Crippen LogP contribution in [-0.4, -0.2) is 23.7 Å². The van der Waals surface area contributed by atoms with Gasteiger partial charge in [-0.2, -0.15) is 0 Å². The highest BCUT2D eigenvalue weighted by Crippen LogP contribution is 2.28. The van der Waals surface area contributed by atoms with Gasteiger partial charge in [0.25, 0.3) is 5.78 Å². The molecule has 0 fully saturated rings. The van der Waals surface area contributed by atoms with Crippen LogP contribution in [-0.2, 0) is 14.3 Å². The number of rotatable bonds is 5. The number of alkyl halides is 1. The fourth-order valence-corrected chi connectivity index (χ4v) is 1.99. The van der Waals surface area contributed by atoms with Gasteiger partial charge in [0.2, 0.25) is 0 Å². The van der Waals surface area contributed by atoms with Crippen molar-refractivity contribution in [3.8, 4) is 0 Å².